The SMILES string of the molecule is Cn1cc(CNC[C@@H]2CCCO2)c(-c2ccc3c(c2)OCCCO3)n1. The van der Waals surface area contributed by atoms with E-state index in [9.17, 15) is 0 Å². The third-order valence-electron chi connectivity index (χ3n) is 4.64. The van der Waals surface area contributed by atoms with Crippen molar-refractivity contribution in [2.24, 2.45) is 7.05 Å². The Hall–Kier alpha value is -2.05. The van der Waals surface area contributed by atoms with E-state index < -0.39 is 0 Å². The molecule has 0 spiro atoms. The average Bonchev–Trinajstić information content (AvgIpc) is 3.19. The Morgan fingerprint density at radius 1 is 1.16 bits per heavy atom. The topological polar surface area (TPSA) is 57.5 Å². The van der Waals surface area contributed by atoms with Gasteiger partial charge in [-0.1, -0.05) is 0 Å². The number of fused-ring (bicyclic) bond motifs is 1. The zero-order valence-electron chi connectivity index (χ0n) is 14.7. The molecule has 1 aromatic carbocycles. The van der Waals surface area contributed by atoms with Crippen LogP contribution in [-0.2, 0) is 18.3 Å². The molecule has 1 fully saturated rings. The first-order valence-electron chi connectivity index (χ1n) is 9.04. The van der Waals surface area contributed by atoms with Gasteiger partial charge >= 0.3 is 0 Å². The molecule has 2 aliphatic heterocycles. The summed E-state index contributed by atoms with van der Waals surface area (Å²) >= 11 is 0. The summed E-state index contributed by atoms with van der Waals surface area (Å²) in [5.41, 5.74) is 3.21. The maximum absolute atomic E-state index is 5.81. The molecule has 3 heterocycles. The largest absolute Gasteiger partial charge is 0.490 e. The van der Waals surface area contributed by atoms with Gasteiger partial charge in [0.05, 0.1) is 25.0 Å². The highest BCUT2D eigenvalue weighted by molar-refractivity contribution is 5.66. The smallest absolute Gasteiger partial charge is 0.161 e. The molecule has 4 rings (SSSR count). The zero-order chi connectivity index (χ0) is 17.1. The second-order valence-electron chi connectivity index (χ2n) is 6.65. The maximum atomic E-state index is 5.81. The zero-order valence-corrected chi connectivity index (χ0v) is 14.7. The summed E-state index contributed by atoms with van der Waals surface area (Å²) in [4.78, 5) is 0. The lowest BCUT2D eigenvalue weighted by molar-refractivity contribution is 0.110. The first kappa shape index (κ1) is 16.4. The fourth-order valence-corrected chi connectivity index (χ4v) is 3.39. The molecule has 1 atom stereocenters. The molecule has 6 heteroatoms. The quantitative estimate of drug-likeness (QED) is 0.904. The number of aryl methyl sites for hydroxylation is 1. The normalized spacial score (nSPS) is 19.8. The van der Waals surface area contributed by atoms with Crippen LogP contribution in [0, 0.1) is 0 Å². The van der Waals surface area contributed by atoms with Crippen molar-refractivity contribution in [2.75, 3.05) is 26.4 Å². The monoisotopic (exact) mass is 343 g/mol. The highest BCUT2D eigenvalue weighted by atomic mass is 16.5. The van der Waals surface area contributed by atoms with Crippen LogP contribution in [0.25, 0.3) is 11.3 Å². The van der Waals surface area contributed by atoms with Crippen molar-refractivity contribution in [1.82, 2.24) is 15.1 Å². The molecule has 0 amide bonds. The molecule has 0 saturated carbocycles. The molecular weight excluding hydrogens is 318 g/mol. The number of hydrogen-bond acceptors (Lipinski definition) is 5. The van der Waals surface area contributed by atoms with E-state index >= 15 is 0 Å². The van der Waals surface area contributed by atoms with Gasteiger partial charge in [0.2, 0.25) is 0 Å². The van der Waals surface area contributed by atoms with Gasteiger partial charge in [0.25, 0.3) is 0 Å². The summed E-state index contributed by atoms with van der Waals surface area (Å²) in [5.74, 6) is 1.62. The number of ether oxygens (including phenoxy) is 3. The van der Waals surface area contributed by atoms with E-state index in [-0.39, 0.29) is 0 Å². The van der Waals surface area contributed by atoms with Crippen LogP contribution in [0.4, 0.5) is 0 Å². The second kappa shape index (κ2) is 7.45. The molecule has 2 aliphatic rings. The fraction of sp³-hybridized carbons (Fsp3) is 0.526. The summed E-state index contributed by atoms with van der Waals surface area (Å²) < 4.78 is 19.1. The highest BCUT2D eigenvalue weighted by Crippen LogP contribution is 2.34. The minimum atomic E-state index is 0.346. The Kier molecular flexibility index (Phi) is 4.90. The minimum Gasteiger partial charge on any atom is -0.490 e. The molecule has 1 aromatic heterocycles. The number of aromatic nitrogens is 2. The van der Waals surface area contributed by atoms with Gasteiger partial charge in [-0.15, -0.1) is 0 Å². The van der Waals surface area contributed by atoms with Crippen LogP contribution in [0.2, 0.25) is 0 Å². The lowest BCUT2D eigenvalue weighted by atomic mass is 10.1. The Balaban J connectivity index is 1.50. The third-order valence-corrected chi connectivity index (χ3v) is 4.64. The first-order chi connectivity index (χ1) is 12.3. The molecule has 134 valence electrons. The van der Waals surface area contributed by atoms with Gasteiger partial charge in [-0.3, -0.25) is 4.68 Å². The van der Waals surface area contributed by atoms with Gasteiger partial charge < -0.3 is 19.5 Å². The van der Waals surface area contributed by atoms with E-state index in [1.165, 1.54) is 12.0 Å². The van der Waals surface area contributed by atoms with Crippen LogP contribution >= 0.6 is 0 Å². The van der Waals surface area contributed by atoms with Crippen LogP contribution in [0.1, 0.15) is 24.8 Å². The van der Waals surface area contributed by atoms with Crippen molar-refractivity contribution in [1.29, 1.82) is 0 Å². The van der Waals surface area contributed by atoms with Crippen LogP contribution in [0.3, 0.4) is 0 Å². The van der Waals surface area contributed by atoms with Crippen LogP contribution in [0.15, 0.2) is 24.4 Å². The van der Waals surface area contributed by atoms with Crippen molar-refractivity contribution in [3.63, 3.8) is 0 Å². The lowest BCUT2D eigenvalue weighted by Gasteiger charge is -2.11. The molecule has 2 aromatic rings. The van der Waals surface area contributed by atoms with Crippen molar-refractivity contribution in [3.05, 3.63) is 30.0 Å². The van der Waals surface area contributed by atoms with Crippen LogP contribution in [-0.4, -0.2) is 42.2 Å². The number of nitrogens with one attached hydrogen (secondary N) is 1. The van der Waals surface area contributed by atoms with Crippen molar-refractivity contribution < 1.29 is 14.2 Å². The molecular formula is C19H25N3O3. The summed E-state index contributed by atoms with van der Waals surface area (Å²) in [7, 11) is 1.95. The van der Waals surface area contributed by atoms with Crippen LogP contribution in [0.5, 0.6) is 11.5 Å². The lowest BCUT2D eigenvalue weighted by Crippen LogP contribution is -2.25. The Labute approximate surface area is 148 Å². The average molecular weight is 343 g/mol. The number of rotatable bonds is 5. The minimum absolute atomic E-state index is 0.346. The molecule has 0 bridgehead atoms. The molecule has 25 heavy (non-hydrogen) atoms. The first-order valence-corrected chi connectivity index (χ1v) is 9.04. The van der Waals surface area contributed by atoms with Crippen molar-refractivity contribution in [3.8, 4) is 22.8 Å². The van der Waals surface area contributed by atoms with Crippen molar-refractivity contribution >= 4 is 0 Å². The molecule has 0 aliphatic carbocycles. The van der Waals surface area contributed by atoms with E-state index in [0.29, 0.717) is 19.3 Å². The van der Waals surface area contributed by atoms with Crippen molar-refractivity contribution in [2.45, 2.75) is 31.9 Å². The molecule has 1 saturated heterocycles. The Bertz CT molecular complexity index is 723. The standard InChI is InChI=1S/C19H25N3O3/c1-22-13-15(11-20-12-16-4-2-7-23-16)19(21-22)14-5-6-17-18(10-14)25-9-3-8-24-17/h5-6,10,13,16,20H,2-4,7-9,11-12H2,1H3/t16-/m0/s1. The Morgan fingerprint density at radius 2 is 2.04 bits per heavy atom. The number of nitrogens with zero attached hydrogens (tertiary/aromatic N) is 2. The summed E-state index contributed by atoms with van der Waals surface area (Å²) in [6.45, 7) is 3.94. The van der Waals surface area contributed by atoms with E-state index in [1.807, 2.05) is 23.9 Å². The Morgan fingerprint density at radius 3 is 2.88 bits per heavy atom. The van der Waals surface area contributed by atoms with Gasteiger partial charge in [-0.05, 0) is 31.0 Å². The van der Waals surface area contributed by atoms with Gasteiger partial charge in [0.1, 0.15) is 0 Å². The predicted molar refractivity (Wildman–Crippen MR) is 94.9 cm³/mol. The van der Waals surface area contributed by atoms with Gasteiger partial charge in [-0.2, -0.15) is 5.10 Å². The highest BCUT2D eigenvalue weighted by Gasteiger charge is 2.17. The fourth-order valence-electron chi connectivity index (χ4n) is 3.39. The molecule has 0 unspecified atom stereocenters. The second-order valence-corrected chi connectivity index (χ2v) is 6.65. The number of hydrogen-bond donors (Lipinski definition) is 1. The summed E-state index contributed by atoms with van der Waals surface area (Å²) in [6.07, 6.45) is 5.64. The molecule has 0 radical (unpaired) electrons. The molecule has 6 nitrogen and oxygen atoms in total. The van der Waals surface area contributed by atoms with E-state index in [4.69, 9.17) is 14.2 Å². The van der Waals surface area contributed by atoms with Gasteiger partial charge in [-0.25, -0.2) is 0 Å². The van der Waals surface area contributed by atoms with E-state index in [1.54, 1.807) is 0 Å². The van der Waals surface area contributed by atoms with E-state index in [2.05, 4.69) is 22.7 Å². The molecule has 1 N–H and O–H groups in total. The van der Waals surface area contributed by atoms with Gasteiger partial charge in [0.15, 0.2) is 11.5 Å². The van der Waals surface area contributed by atoms with Gasteiger partial charge in [0, 0.05) is 50.5 Å². The third kappa shape index (κ3) is 3.80. The number of benzene rings is 1. The predicted octanol–water partition coefficient (Wildman–Crippen LogP) is 2.52. The maximum Gasteiger partial charge on any atom is 0.161 e. The van der Waals surface area contributed by atoms with Crippen LogP contribution < -0.4 is 14.8 Å². The summed E-state index contributed by atoms with van der Waals surface area (Å²) in [5, 5.41) is 8.16. The summed E-state index contributed by atoms with van der Waals surface area (Å²) in [6, 6.07) is 6.07. The van der Waals surface area contributed by atoms with E-state index in [0.717, 1.165) is 55.3 Å².